The molecule has 0 aliphatic carbocycles. The lowest BCUT2D eigenvalue weighted by Gasteiger charge is -2.23. The van der Waals surface area contributed by atoms with E-state index >= 15 is 0 Å². The Balaban J connectivity index is 2.64. The molecule has 0 atom stereocenters. The molecular formula is C13H20ClNO2. The molecule has 0 amide bonds. The zero-order valence-electron chi connectivity index (χ0n) is 10.2. The first-order valence-electron chi connectivity index (χ1n) is 5.91. The first-order chi connectivity index (χ1) is 8.20. The van der Waals surface area contributed by atoms with Gasteiger partial charge in [-0.1, -0.05) is 23.7 Å². The molecule has 0 fully saturated rings. The Hall–Kier alpha value is -0.770. The number of nitrogens with zero attached hydrogens (tertiary/aromatic N) is 1. The van der Waals surface area contributed by atoms with Crippen LogP contribution in [0.25, 0.3) is 0 Å². The van der Waals surface area contributed by atoms with Crippen LogP contribution in [0.3, 0.4) is 0 Å². The average molecular weight is 258 g/mol. The molecular weight excluding hydrogens is 238 g/mol. The number of hydrogen-bond acceptors (Lipinski definition) is 3. The summed E-state index contributed by atoms with van der Waals surface area (Å²) >= 11 is 6.15. The third kappa shape index (κ3) is 4.19. The van der Waals surface area contributed by atoms with Crippen molar-refractivity contribution in [2.75, 3.05) is 25.1 Å². The summed E-state index contributed by atoms with van der Waals surface area (Å²) in [5.74, 6) is 0. The molecule has 0 spiro atoms. The van der Waals surface area contributed by atoms with Crippen molar-refractivity contribution in [2.45, 2.75) is 25.9 Å². The minimum absolute atomic E-state index is 0.00310. The van der Waals surface area contributed by atoms with Crippen LogP contribution in [0.15, 0.2) is 18.2 Å². The van der Waals surface area contributed by atoms with E-state index in [1.54, 1.807) is 0 Å². The van der Waals surface area contributed by atoms with Crippen LogP contribution in [0.4, 0.5) is 5.69 Å². The first-order valence-corrected chi connectivity index (χ1v) is 6.28. The minimum Gasteiger partial charge on any atom is -0.396 e. The van der Waals surface area contributed by atoms with E-state index in [1.807, 2.05) is 25.2 Å². The van der Waals surface area contributed by atoms with E-state index in [0.29, 0.717) is 5.02 Å². The second-order valence-corrected chi connectivity index (χ2v) is 4.52. The van der Waals surface area contributed by atoms with Crippen molar-refractivity contribution < 1.29 is 10.2 Å². The van der Waals surface area contributed by atoms with Gasteiger partial charge < -0.3 is 15.1 Å². The van der Waals surface area contributed by atoms with Crippen molar-refractivity contribution in [3.8, 4) is 0 Å². The third-order valence-corrected chi connectivity index (χ3v) is 3.08. The van der Waals surface area contributed by atoms with Gasteiger partial charge in [0.2, 0.25) is 0 Å². The molecule has 0 heterocycles. The molecule has 1 aromatic carbocycles. The van der Waals surface area contributed by atoms with Crippen LogP contribution in [0.1, 0.15) is 24.8 Å². The lowest BCUT2D eigenvalue weighted by atomic mass is 10.1. The molecule has 0 bridgehead atoms. The highest BCUT2D eigenvalue weighted by Crippen LogP contribution is 2.29. The fourth-order valence-corrected chi connectivity index (χ4v) is 2.20. The molecule has 0 unspecified atom stereocenters. The normalized spacial score (nSPS) is 10.6. The van der Waals surface area contributed by atoms with E-state index in [4.69, 9.17) is 16.7 Å². The average Bonchev–Trinajstić information content (AvgIpc) is 2.34. The Morgan fingerprint density at radius 3 is 2.59 bits per heavy atom. The van der Waals surface area contributed by atoms with Crippen molar-refractivity contribution in [1.82, 2.24) is 0 Å². The Labute approximate surface area is 108 Å². The summed E-state index contributed by atoms with van der Waals surface area (Å²) in [6, 6.07) is 5.56. The first kappa shape index (κ1) is 14.3. The number of aliphatic hydroxyl groups excluding tert-OH is 2. The summed E-state index contributed by atoms with van der Waals surface area (Å²) in [6.45, 7) is 1.12. The Bertz CT molecular complexity index is 344. The smallest absolute Gasteiger partial charge is 0.0702 e. The van der Waals surface area contributed by atoms with Crippen molar-refractivity contribution in [3.05, 3.63) is 28.8 Å². The lowest BCUT2D eigenvalue weighted by Crippen LogP contribution is -2.20. The standard InChI is InChI=1S/C13H20ClNO2/c1-15(8-3-2-4-9-16)13-11(10-17)6-5-7-12(13)14/h5-7,16-17H,2-4,8-10H2,1H3. The summed E-state index contributed by atoms with van der Waals surface area (Å²) in [5.41, 5.74) is 1.75. The Morgan fingerprint density at radius 2 is 1.94 bits per heavy atom. The van der Waals surface area contributed by atoms with Gasteiger partial charge in [-0.3, -0.25) is 0 Å². The lowest BCUT2D eigenvalue weighted by molar-refractivity contribution is 0.281. The molecule has 0 aromatic heterocycles. The molecule has 0 saturated carbocycles. The minimum atomic E-state index is -0.00310. The SMILES string of the molecule is CN(CCCCCO)c1c(Cl)cccc1CO. The maximum atomic E-state index is 9.28. The largest absolute Gasteiger partial charge is 0.396 e. The number of hydrogen-bond donors (Lipinski definition) is 2. The summed E-state index contributed by atoms with van der Waals surface area (Å²) in [5, 5.41) is 18.7. The van der Waals surface area contributed by atoms with Gasteiger partial charge in [0.15, 0.2) is 0 Å². The van der Waals surface area contributed by atoms with Gasteiger partial charge in [0.1, 0.15) is 0 Å². The highest BCUT2D eigenvalue weighted by atomic mass is 35.5. The maximum absolute atomic E-state index is 9.28. The number of benzene rings is 1. The van der Waals surface area contributed by atoms with Gasteiger partial charge in [0.25, 0.3) is 0 Å². The second-order valence-electron chi connectivity index (χ2n) is 4.11. The fraction of sp³-hybridized carbons (Fsp3) is 0.538. The van der Waals surface area contributed by atoms with Gasteiger partial charge in [-0.25, -0.2) is 0 Å². The highest BCUT2D eigenvalue weighted by Gasteiger charge is 2.10. The van der Waals surface area contributed by atoms with Crippen LogP contribution >= 0.6 is 11.6 Å². The molecule has 0 saturated heterocycles. The molecule has 0 aliphatic rings. The van der Waals surface area contributed by atoms with Crippen LogP contribution in [-0.2, 0) is 6.61 Å². The molecule has 3 nitrogen and oxygen atoms in total. The third-order valence-electron chi connectivity index (χ3n) is 2.77. The van der Waals surface area contributed by atoms with Crippen LogP contribution in [0.5, 0.6) is 0 Å². The molecule has 2 N–H and O–H groups in total. The van der Waals surface area contributed by atoms with E-state index in [0.717, 1.165) is 37.1 Å². The molecule has 17 heavy (non-hydrogen) atoms. The van der Waals surface area contributed by atoms with Crippen LogP contribution in [-0.4, -0.2) is 30.4 Å². The summed E-state index contributed by atoms with van der Waals surface area (Å²) in [6.07, 6.45) is 2.84. The molecule has 96 valence electrons. The molecule has 1 aromatic rings. The van der Waals surface area contributed by atoms with Crippen molar-refractivity contribution in [2.24, 2.45) is 0 Å². The molecule has 4 heteroatoms. The van der Waals surface area contributed by atoms with Crippen LogP contribution in [0.2, 0.25) is 5.02 Å². The van der Waals surface area contributed by atoms with Gasteiger partial charge in [0, 0.05) is 25.8 Å². The van der Waals surface area contributed by atoms with E-state index in [-0.39, 0.29) is 13.2 Å². The summed E-state index contributed by atoms with van der Waals surface area (Å²) in [7, 11) is 1.97. The van der Waals surface area contributed by atoms with Crippen molar-refractivity contribution >= 4 is 17.3 Å². The second kappa shape index (κ2) is 7.54. The van der Waals surface area contributed by atoms with Crippen molar-refractivity contribution in [3.63, 3.8) is 0 Å². The molecule has 0 radical (unpaired) electrons. The van der Waals surface area contributed by atoms with E-state index in [9.17, 15) is 5.11 Å². The number of anilines is 1. The predicted octanol–water partition coefficient (Wildman–Crippen LogP) is 2.43. The van der Waals surface area contributed by atoms with Gasteiger partial charge in [0.05, 0.1) is 17.3 Å². The van der Waals surface area contributed by atoms with E-state index in [1.165, 1.54) is 0 Å². The van der Waals surface area contributed by atoms with Crippen molar-refractivity contribution in [1.29, 1.82) is 0 Å². The predicted molar refractivity (Wildman–Crippen MR) is 71.6 cm³/mol. The zero-order valence-corrected chi connectivity index (χ0v) is 11.0. The van der Waals surface area contributed by atoms with Gasteiger partial charge in [-0.2, -0.15) is 0 Å². The summed E-state index contributed by atoms with van der Waals surface area (Å²) in [4.78, 5) is 2.06. The number of rotatable bonds is 7. The topological polar surface area (TPSA) is 43.7 Å². The fourth-order valence-electron chi connectivity index (χ4n) is 1.86. The number of para-hydroxylation sites is 1. The van der Waals surface area contributed by atoms with E-state index in [2.05, 4.69) is 4.90 Å². The molecule has 0 aliphatic heterocycles. The monoisotopic (exact) mass is 257 g/mol. The maximum Gasteiger partial charge on any atom is 0.0702 e. The zero-order chi connectivity index (χ0) is 12.7. The summed E-state index contributed by atoms with van der Waals surface area (Å²) < 4.78 is 0. The van der Waals surface area contributed by atoms with Gasteiger partial charge in [-0.15, -0.1) is 0 Å². The van der Waals surface area contributed by atoms with E-state index < -0.39 is 0 Å². The number of unbranched alkanes of at least 4 members (excludes halogenated alkanes) is 2. The van der Waals surface area contributed by atoms with Crippen LogP contribution < -0.4 is 4.90 Å². The quantitative estimate of drug-likeness (QED) is 0.738. The Morgan fingerprint density at radius 1 is 1.18 bits per heavy atom. The molecule has 1 rings (SSSR count). The Kier molecular flexibility index (Phi) is 6.34. The number of halogens is 1. The number of aliphatic hydroxyl groups is 2. The highest BCUT2D eigenvalue weighted by molar-refractivity contribution is 6.33. The van der Waals surface area contributed by atoms with Gasteiger partial charge in [-0.05, 0) is 25.3 Å². The van der Waals surface area contributed by atoms with Crippen LogP contribution in [0, 0.1) is 0 Å². The van der Waals surface area contributed by atoms with Gasteiger partial charge >= 0.3 is 0 Å².